The summed E-state index contributed by atoms with van der Waals surface area (Å²) in [6.45, 7) is 2.55. The summed E-state index contributed by atoms with van der Waals surface area (Å²) >= 11 is 0. The van der Waals surface area contributed by atoms with Gasteiger partial charge in [-0.15, -0.1) is 0 Å². The molecule has 0 spiro atoms. The first kappa shape index (κ1) is 14.4. The molecule has 0 saturated heterocycles. The van der Waals surface area contributed by atoms with Crippen molar-refractivity contribution in [3.05, 3.63) is 66.4 Å². The molecule has 0 aliphatic heterocycles. The van der Waals surface area contributed by atoms with Gasteiger partial charge in [-0.05, 0) is 30.2 Å². The second-order valence-electron chi connectivity index (χ2n) is 5.25. The van der Waals surface area contributed by atoms with E-state index >= 15 is 0 Å². The van der Waals surface area contributed by atoms with E-state index in [-0.39, 0.29) is 5.97 Å². The van der Waals surface area contributed by atoms with Gasteiger partial charge in [0.15, 0.2) is 0 Å². The van der Waals surface area contributed by atoms with Crippen molar-refractivity contribution < 1.29 is 9.53 Å². The quantitative estimate of drug-likeness (QED) is 0.510. The Morgan fingerprint density at radius 3 is 2.64 bits per heavy atom. The molecule has 1 aromatic carbocycles. The lowest BCUT2D eigenvalue weighted by molar-refractivity contribution is 0.0502. The first-order valence-corrected chi connectivity index (χ1v) is 7.64. The maximum Gasteiger partial charge on any atom is 0.340 e. The molecule has 0 radical (unpaired) electrons. The highest BCUT2D eigenvalue weighted by Gasteiger charge is 2.17. The number of carbonyl (C=O) groups excluding carboxylic acids is 1. The number of carbonyl (C=O) groups is 1. The van der Waals surface area contributed by atoms with Gasteiger partial charge in [-0.2, -0.15) is 0 Å². The maximum atomic E-state index is 12.3. The molecule has 0 aliphatic rings. The van der Waals surface area contributed by atoms with Crippen LogP contribution in [-0.4, -0.2) is 17.0 Å². The average molecular weight is 293 g/mol. The van der Waals surface area contributed by atoms with Crippen LogP contribution in [0.25, 0.3) is 16.8 Å². The first-order chi connectivity index (χ1) is 10.8. The fourth-order valence-corrected chi connectivity index (χ4v) is 2.53. The minimum atomic E-state index is -0.251. The van der Waals surface area contributed by atoms with Gasteiger partial charge in [-0.3, -0.25) is 0 Å². The van der Waals surface area contributed by atoms with E-state index in [1.54, 1.807) is 0 Å². The monoisotopic (exact) mass is 293 g/mol. The van der Waals surface area contributed by atoms with Crippen LogP contribution in [0.1, 0.15) is 30.1 Å². The van der Waals surface area contributed by atoms with Crippen molar-refractivity contribution >= 4 is 11.5 Å². The number of esters is 1. The fourth-order valence-electron chi connectivity index (χ4n) is 2.53. The number of aromatic nitrogens is 1. The van der Waals surface area contributed by atoms with Crippen LogP contribution in [0.5, 0.6) is 0 Å². The number of nitrogens with zero attached hydrogens (tertiary/aromatic N) is 1. The summed E-state index contributed by atoms with van der Waals surface area (Å²) in [6.07, 6.45) is 3.88. The molecule has 2 aromatic heterocycles. The van der Waals surface area contributed by atoms with E-state index in [2.05, 4.69) is 6.92 Å². The number of benzene rings is 1. The zero-order valence-corrected chi connectivity index (χ0v) is 12.7. The molecule has 0 bridgehead atoms. The molecule has 3 rings (SSSR count). The van der Waals surface area contributed by atoms with Gasteiger partial charge in [0.05, 0.1) is 23.4 Å². The Labute approximate surface area is 130 Å². The lowest BCUT2D eigenvalue weighted by atomic mass is 10.1. The van der Waals surface area contributed by atoms with Gasteiger partial charge in [0.1, 0.15) is 0 Å². The molecule has 0 fully saturated rings. The Hall–Kier alpha value is -2.55. The van der Waals surface area contributed by atoms with Crippen LogP contribution in [0.15, 0.2) is 60.8 Å². The Balaban J connectivity index is 2.03. The third-order valence-corrected chi connectivity index (χ3v) is 3.70. The molecule has 0 unspecified atom stereocenters. The second kappa shape index (κ2) is 6.48. The van der Waals surface area contributed by atoms with Crippen LogP contribution in [0, 0.1) is 0 Å². The molecular formula is C19H19NO2. The Kier molecular flexibility index (Phi) is 4.24. The molecule has 3 nitrogen and oxygen atoms in total. The summed E-state index contributed by atoms with van der Waals surface area (Å²) in [5.41, 5.74) is 3.58. The van der Waals surface area contributed by atoms with Gasteiger partial charge in [0, 0.05) is 6.20 Å². The summed E-state index contributed by atoms with van der Waals surface area (Å²) < 4.78 is 7.41. The van der Waals surface area contributed by atoms with Gasteiger partial charge < -0.3 is 9.14 Å². The lowest BCUT2D eigenvalue weighted by Crippen LogP contribution is -2.05. The molecule has 3 aromatic rings. The van der Waals surface area contributed by atoms with Crippen molar-refractivity contribution in [1.82, 2.24) is 4.40 Å². The van der Waals surface area contributed by atoms with Crippen molar-refractivity contribution in [2.75, 3.05) is 6.61 Å². The summed E-state index contributed by atoms with van der Waals surface area (Å²) in [7, 11) is 0. The molecular weight excluding hydrogens is 274 g/mol. The number of hydrogen-bond donors (Lipinski definition) is 0. The lowest BCUT2D eigenvalue weighted by Gasteiger charge is -2.03. The molecule has 0 N–H and O–H groups in total. The first-order valence-electron chi connectivity index (χ1n) is 7.64. The maximum absolute atomic E-state index is 12.3. The van der Waals surface area contributed by atoms with Crippen molar-refractivity contribution in [1.29, 1.82) is 0 Å². The highest BCUT2D eigenvalue weighted by atomic mass is 16.5. The van der Waals surface area contributed by atoms with Crippen LogP contribution >= 0.6 is 0 Å². The smallest absolute Gasteiger partial charge is 0.340 e. The number of hydrogen-bond acceptors (Lipinski definition) is 2. The second-order valence-corrected chi connectivity index (χ2v) is 5.25. The van der Waals surface area contributed by atoms with Gasteiger partial charge in [-0.25, -0.2) is 4.79 Å². The van der Waals surface area contributed by atoms with Crippen molar-refractivity contribution in [3.8, 4) is 11.3 Å². The van der Waals surface area contributed by atoms with Crippen LogP contribution in [0.2, 0.25) is 0 Å². The van der Waals surface area contributed by atoms with E-state index in [9.17, 15) is 4.79 Å². The average Bonchev–Trinajstić information content (AvgIpc) is 2.95. The Morgan fingerprint density at radius 1 is 1.09 bits per heavy atom. The van der Waals surface area contributed by atoms with E-state index < -0.39 is 0 Å². The summed E-state index contributed by atoms with van der Waals surface area (Å²) in [5, 5.41) is 0. The van der Waals surface area contributed by atoms with E-state index in [0.717, 1.165) is 29.6 Å². The standard InChI is InChI=1S/C19H19NO2/c1-2-3-13-22-19(21)16-14-18(15-9-5-4-6-10-15)20-12-8-7-11-17(16)20/h4-12,14H,2-3,13H2,1H3. The predicted octanol–water partition coefficient (Wildman–Crippen LogP) is 4.56. The predicted molar refractivity (Wildman–Crippen MR) is 88.0 cm³/mol. The SMILES string of the molecule is CCCCOC(=O)c1cc(-c2ccccc2)n2ccccc12. The highest BCUT2D eigenvalue weighted by molar-refractivity contribution is 5.99. The molecule has 22 heavy (non-hydrogen) atoms. The van der Waals surface area contributed by atoms with Crippen molar-refractivity contribution in [3.63, 3.8) is 0 Å². The molecule has 0 saturated carbocycles. The third-order valence-electron chi connectivity index (χ3n) is 3.70. The number of rotatable bonds is 5. The molecule has 0 atom stereocenters. The van der Waals surface area contributed by atoms with Crippen molar-refractivity contribution in [2.45, 2.75) is 19.8 Å². The molecule has 2 heterocycles. The minimum absolute atomic E-state index is 0.251. The van der Waals surface area contributed by atoms with Gasteiger partial charge >= 0.3 is 5.97 Å². The number of pyridine rings is 1. The zero-order chi connectivity index (χ0) is 15.4. The van der Waals surface area contributed by atoms with Gasteiger partial charge in [0.2, 0.25) is 0 Å². The number of ether oxygens (including phenoxy) is 1. The van der Waals surface area contributed by atoms with Gasteiger partial charge in [0.25, 0.3) is 0 Å². The van der Waals surface area contributed by atoms with Crippen LogP contribution < -0.4 is 0 Å². The largest absolute Gasteiger partial charge is 0.462 e. The normalized spacial score (nSPS) is 10.8. The van der Waals surface area contributed by atoms with Crippen LogP contribution in [-0.2, 0) is 4.74 Å². The van der Waals surface area contributed by atoms with E-state index in [1.165, 1.54) is 0 Å². The topological polar surface area (TPSA) is 30.7 Å². The van der Waals surface area contributed by atoms with Crippen molar-refractivity contribution in [2.24, 2.45) is 0 Å². The fraction of sp³-hybridized carbons (Fsp3) is 0.211. The number of fused-ring (bicyclic) bond motifs is 1. The molecule has 3 heteroatoms. The minimum Gasteiger partial charge on any atom is -0.462 e. The van der Waals surface area contributed by atoms with Crippen LogP contribution in [0.3, 0.4) is 0 Å². The summed E-state index contributed by atoms with van der Waals surface area (Å²) in [4.78, 5) is 12.3. The third kappa shape index (κ3) is 2.75. The van der Waals surface area contributed by atoms with Gasteiger partial charge in [-0.1, -0.05) is 49.7 Å². The summed E-state index contributed by atoms with van der Waals surface area (Å²) in [5.74, 6) is -0.251. The Bertz CT molecular complexity index is 774. The van der Waals surface area contributed by atoms with E-state index in [1.807, 2.05) is 65.2 Å². The molecule has 0 aliphatic carbocycles. The Morgan fingerprint density at radius 2 is 1.86 bits per heavy atom. The van der Waals surface area contributed by atoms with Crippen LogP contribution in [0.4, 0.5) is 0 Å². The number of unbranched alkanes of at least 4 members (excludes halogenated alkanes) is 1. The molecule has 0 amide bonds. The summed E-state index contributed by atoms with van der Waals surface area (Å²) in [6, 6.07) is 17.8. The van der Waals surface area contributed by atoms with E-state index in [0.29, 0.717) is 12.2 Å². The molecule has 112 valence electrons. The zero-order valence-electron chi connectivity index (χ0n) is 12.7. The highest BCUT2D eigenvalue weighted by Crippen LogP contribution is 2.26. The van der Waals surface area contributed by atoms with E-state index in [4.69, 9.17) is 4.74 Å².